The maximum atomic E-state index is 6.10. The summed E-state index contributed by atoms with van der Waals surface area (Å²) in [6, 6.07) is 0. The molecule has 2 rings (SSSR count). The Kier molecular flexibility index (Phi) is 5.55. The van der Waals surface area contributed by atoms with Crippen molar-refractivity contribution in [2.75, 3.05) is 44.4 Å². The van der Waals surface area contributed by atoms with E-state index in [0.29, 0.717) is 5.82 Å². The molecular weight excluding hydrogens is 302 g/mol. The van der Waals surface area contributed by atoms with Gasteiger partial charge in [0.15, 0.2) is 0 Å². The van der Waals surface area contributed by atoms with Gasteiger partial charge in [-0.2, -0.15) is 4.37 Å². The van der Waals surface area contributed by atoms with Gasteiger partial charge in [-0.05, 0) is 39.0 Å². The van der Waals surface area contributed by atoms with E-state index in [0.717, 1.165) is 47.3 Å². The molecule has 0 unspecified atom stereocenters. The molecule has 0 aliphatic rings. The van der Waals surface area contributed by atoms with E-state index < -0.39 is 0 Å². The maximum Gasteiger partial charge on any atom is 0.148 e. The number of rotatable bonds is 7. The van der Waals surface area contributed by atoms with Gasteiger partial charge in [0.1, 0.15) is 10.8 Å². The zero-order valence-corrected chi connectivity index (χ0v) is 14.7. The number of thiazole rings is 1. The molecular formula is C14H23N5S2. The fourth-order valence-electron chi connectivity index (χ4n) is 2.13. The van der Waals surface area contributed by atoms with Crippen molar-refractivity contribution in [2.45, 2.75) is 20.3 Å². The topological polar surface area (TPSA) is 58.3 Å². The fraction of sp³-hybridized carbons (Fsp3) is 0.571. The highest BCUT2D eigenvalue weighted by Gasteiger charge is 2.20. The lowest BCUT2D eigenvalue weighted by molar-refractivity contribution is 0.413. The van der Waals surface area contributed by atoms with Crippen molar-refractivity contribution in [2.24, 2.45) is 0 Å². The number of hydrogen-bond acceptors (Lipinski definition) is 7. The second-order valence-corrected chi connectivity index (χ2v) is 7.10. The number of nitrogen functional groups attached to an aromatic ring is 1. The predicted octanol–water partition coefficient (Wildman–Crippen LogP) is 2.94. The van der Waals surface area contributed by atoms with E-state index in [9.17, 15) is 0 Å². The van der Waals surface area contributed by atoms with E-state index in [4.69, 9.17) is 5.73 Å². The first-order valence-electron chi connectivity index (χ1n) is 7.10. The predicted molar refractivity (Wildman–Crippen MR) is 93.4 cm³/mol. The average Bonchev–Trinajstić information content (AvgIpc) is 3.00. The molecule has 0 spiro atoms. The summed E-state index contributed by atoms with van der Waals surface area (Å²) in [6.07, 6.45) is 1.10. The van der Waals surface area contributed by atoms with Gasteiger partial charge in [0.05, 0.1) is 16.3 Å². The van der Waals surface area contributed by atoms with Gasteiger partial charge < -0.3 is 15.5 Å². The van der Waals surface area contributed by atoms with E-state index in [1.807, 2.05) is 6.92 Å². The van der Waals surface area contributed by atoms with E-state index in [-0.39, 0.29) is 0 Å². The minimum absolute atomic E-state index is 0.589. The zero-order chi connectivity index (χ0) is 15.4. The third-order valence-electron chi connectivity index (χ3n) is 3.17. The lowest BCUT2D eigenvalue weighted by Gasteiger charge is -2.25. The standard InChI is InChI=1S/C14H23N5S2/c1-5-6-19(8-7-18(3)4)14-12(13(15)17-21-14)11-9-20-10(2)16-11/h9H,5-8H2,1-4H3,(H2,15,17). The normalized spacial score (nSPS) is 11.3. The molecule has 0 aliphatic heterocycles. The summed E-state index contributed by atoms with van der Waals surface area (Å²) in [5.74, 6) is 0.589. The van der Waals surface area contributed by atoms with Gasteiger partial charge >= 0.3 is 0 Å². The average molecular weight is 326 g/mol. The van der Waals surface area contributed by atoms with Gasteiger partial charge in [0, 0.05) is 25.0 Å². The third kappa shape index (κ3) is 3.93. The second-order valence-electron chi connectivity index (χ2n) is 5.29. The van der Waals surface area contributed by atoms with Crippen LogP contribution in [0.3, 0.4) is 0 Å². The van der Waals surface area contributed by atoms with Crippen molar-refractivity contribution in [3.05, 3.63) is 10.4 Å². The molecule has 0 saturated carbocycles. The number of hydrogen-bond donors (Lipinski definition) is 1. The van der Waals surface area contributed by atoms with Crippen molar-refractivity contribution in [1.82, 2.24) is 14.3 Å². The highest BCUT2D eigenvalue weighted by molar-refractivity contribution is 7.11. The number of anilines is 2. The van der Waals surface area contributed by atoms with Crippen LogP contribution in [0.4, 0.5) is 10.8 Å². The monoisotopic (exact) mass is 325 g/mol. The van der Waals surface area contributed by atoms with Crippen LogP contribution in [-0.4, -0.2) is 48.0 Å². The van der Waals surface area contributed by atoms with Crippen LogP contribution in [0, 0.1) is 6.92 Å². The molecule has 0 bridgehead atoms. The highest BCUT2D eigenvalue weighted by Crippen LogP contribution is 2.39. The molecule has 2 N–H and O–H groups in total. The molecule has 7 heteroatoms. The Morgan fingerprint density at radius 2 is 2.00 bits per heavy atom. The van der Waals surface area contributed by atoms with E-state index >= 15 is 0 Å². The van der Waals surface area contributed by atoms with E-state index in [1.54, 1.807) is 11.3 Å². The van der Waals surface area contributed by atoms with Crippen LogP contribution in [0.25, 0.3) is 11.3 Å². The first-order valence-corrected chi connectivity index (χ1v) is 8.75. The molecule has 0 aromatic carbocycles. The molecule has 2 aromatic heterocycles. The summed E-state index contributed by atoms with van der Waals surface area (Å²) in [4.78, 5) is 9.15. The smallest absolute Gasteiger partial charge is 0.148 e. The Hall–Kier alpha value is -1.18. The molecule has 0 radical (unpaired) electrons. The molecule has 0 fully saturated rings. The second kappa shape index (κ2) is 7.20. The first kappa shape index (κ1) is 16.2. The summed E-state index contributed by atoms with van der Waals surface area (Å²) in [5, 5.41) is 4.26. The lowest BCUT2D eigenvalue weighted by atomic mass is 10.2. The zero-order valence-electron chi connectivity index (χ0n) is 13.1. The van der Waals surface area contributed by atoms with E-state index in [1.165, 1.54) is 11.5 Å². The van der Waals surface area contributed by atoms with Crippen molar-refractivity contribution in [1.29, 1.82) is 0 Å². The summed E-state index contributed by atoms with van der Waals surface area (Å²) in [7, 11) is 4.19. The molecule has 116 valence electrons. The third-order valence-corrected chi connectivity index (χ3v) is 4.87. The lowest BCUT2D eigenvalue weighted by Crippen LogP contribution is -2.32. The summed E-state index contributed by atoms with van der Waals surface area (Å²) >= 11 is 3.12. The molecule has 2 aromatic rings. The van der Waals surface area contributed by atoms with Gasteiger partial charge in [0.2, 0.25) is 0 Å². The molecule has 21 heavy (non-hydrogen) atoms. The fourth-order valence-corrected chi connectivity index (χ4v) is 3.61. The summed E-state index contributed by atoms with van der Waals surface area (Å²) in [5.41, 5.74) is 8.05. The number of nitrogens with zero attached hydrogens (tertiary/aromatic N) is 4. The van der Waals surface area contributed by atoms with Crippen LogP contribution >= 0.6 is 22.9 Å². The number of aryl methyl sites for hydroxylation is 1. The van der Waals surface area contributed by atoms with Crippen molar-refractivity contribution < 1.29 is 0 Å². The van der Waals surface area contributed by atoms with Gasteiger partial charge in [-0.25, -0.2) is 4.98 Å². The van der Waals surface area contributed by atoms with Gasteiger partial charge in [-0.1, -0.05) is 6.92 Å². The Morgan fingerprint density at radius 1 is 1.24 bits per heavy atom. The van der Waals surface area contributed by atoms with Gasteiger partial charge in [-0.3, -0.25) is 0 Å². The number of nitrogens with two attached hydrogens (primary N) is 1. The minimum atomic E-state index is 0.589. The first-order chi connectivity index (χ1) is 10.0. The number of likely N-dealkylation sites (N-methyl/N-ethyl adjacent to an activating group) is 1. The molecule has 2 heterocycles. The maximum absolute atomic E-state index is 6.10. The highest BCUT2D eigenvalue weighted by atomic mass is 32.1. The summed E-state index contributed by atoms with van der Waals surface area (Å²) in [6.45, 7) is 7.19. The molecule has 0 saturated heterocycles. The Balaban J connectivity index is 2.32. The van der Waals surface area contributed by atoms with Gasteiger partial charge in [-0.15, -0.1) is 11.3 Å². The van der Waals surface area contributed by atoms with Crippen LogP contribution in [-0.2, 0) is 0 Å². The SMILES string of the molecule is CCCN(CCN(C)C)c1snc(N)c1-c1csc(C)n1. The van der Waals surface area contributed by atoms with Crippen molar-refractivity contribution in [3.8, 4) is 11.3 Å². The summed E-state index contributed by atoms with van der Waals surface area (Å²) < 4.78 is 4.36. The minimum Gasteiger partial charge on any atom is -0.382 e. The molecule has 5 nitrogen and oxygen atoms in total. The van der Waals surface area contributed by atoms with Crippen LogP contribution in [0.2, 0.25) is 0 Å². The van der Waals surface area contributed by atoms with Crippen LogP contribution in [0.15, 0.2) is 5.38 Å². The Morgan fingerprint density at radius 3 is 2.57 bits per heavy atom. The molecule has 0 atom stereocenters. The quantitative estimate of drug-likeness (QED) is 0.848. The Labute approximate surface area is 134 Å². The Bertz CT molecular complexity index is 576. The largest absolute Gasteiger partial charge is 0.382 e. The molecule has 0 aliphatic carbocycles. The molecule has 0 amide bonds. The number of aromatic nitrogens is 2. The van der Waals surface area contributed by atoms with Crippen molar-refractivity contribution >= 4 is 33.7 Å². The van der Waals surface area contributed by atoms with Crippen LogP contribution in [0.1, 0.15) is 18.4 Å². The van der Waals surface area contributed by atoms with Crippen molar-refractivity contribution in [3.63, 3.8) is 0 Å². The van der Waals surface area contributed by atoms with Crippen LogP contribution < -0.4 is 10.6 Å². The van der Waals surface area contributed by atoms with E-state index in [2.05, 4.69) is 45.6 Å². The van der Waals surface area contributed by atoms with Crippen LogP contribution in [0.5, 0.6) is 0 Å². The van der Waals surface area contributed by atoms with Gasteiger partial charge in [0.25, 0.3) is 0 Å².